The molecule has 1 heterocycles. The largest absolute Gasteiger partial charge is 0.481 e. The highest BCUT2D eigenvalue weighted by molar-refractivity contribution is 7.14. The van der Waals surface area contributed by atoms with E-state index in [1.807, 2.05) is 13.0 Å². The van der Waals surface area contributed by atoms with E-state index < -0.39 is 11.5 Å². The number of aryl methyl sites for hydroxylation is 2. The lowest BCUT2D eigenvalue weighted by Crippen LogP contribution is -2.54. The molecule has 1 aromatic heterocycles. The lowest BCUT2D eigenvalue weighted by atomic mass is 9.74. The van der Waals surface area contributed by atoms with Crippen LogP contribution >= 0.6 is 11.3 Å². The number of aliphatic carboxylic acids is 1. The Labute approximate surface area is 116 Å². The average molecular weight is 281 g/mol. The molecule has 0 spiro atoms. The summed E-state index contributed by atoms with van der Waals surface area (Å²) < 4.78 is 0. The Morgan fingerprint density at radius 1 is 1.47 bits per heavy atom. The summed E-state index contributed by atoms with van der Waals surface area (Å²) in [6.07, 6.45) is 3.43. The van der Waals surface area contributed by atoms with Crippen molar-refractivity contribution < 1.29 is 14.7 Å². The number of hydrogen-bond donors (Lipinski definition) is 2. The van der Waals surface area contributed by atoms with Gasteiger partial charge < -0.3 is 10.4 Å². The fourth-order valence-electron chi connectivity index (χ4n) is 2.52. The topological polar surface area (TPSA) is 66.4 Å². The van der Waals surface area contributed by atoms with Crippen LogP contribution in [0.2, 0.25) is 0 Å². The van der Waals surface area contributed by atoms with Gasteiger partial charge in [-0.2, -0.15) is 0 Å². The molecule has 1 amide bonds. The number of nitrogens with one attached hydrogen (secondary N) is 1. The van der Waals surface area contributed by atoms with Gasteiger partial charge in [-0.25, -0.2) is 0 Å². The predicted octanol–water partition coefficient (Wildman–Crippen LogP) is 2.75. The summed E-state index contributed by atoms with van der Waals surface area (Å²) in [4.78, 5) is 25.0. The van der Waals surface area contributed by atoms with Crippen LogP contribution in [-0.2, 0) is 11.2 Å². The van der Waals surface area contributed by atoms with E-state index in [0.717, 1.165) is 30.6 Å². The Hall–Kier alpha value is -1.36. The van der Waals surface area contributed by atoms with Gasteiger partial charge in [0.05, 0.1) is 16.8 Å². The molecule has 0 saturated heterocycles. The van der Waals surface area contributed by atoms with E-state index in [4.69, 9.17) is 5.11 Å². The van der Waals surface area contributed by atoms with Gasteiger partial charge in [0, 0.05) is 4.88 Å². The van der Waals surface area contributed by atoms with Crippen molar-refractivity contribution in [2.75, 3.05) is 0 Å². The van der Waals surface area contributed by atoms with Crippen LogP contribution in [0.5, 0.6) is 0 Å². The van der Waals surface area contributed by atoms with Crippen molar-refractivity contribution >= 4 is 23.2 Å². The minimum absolute atomic E-state index is 0.0176. The summed E-state index contributed by atoms with van der Waals surface area (Å²) in [5.41, 5.74) is 0.670. The summed E-state index contributed by atoms with van der Waals surface area (Å²) in [5.74, 6) is -0.981. The average Bonchev–Trinajstić information content (AvgIpc) is 2.67. The SMILES string of the molecule is CCc1cc(C(=O)NC2(CC(=O)O)CCC2)sc1C. The number of amides is 1. The molecule has 104 valence electrons. The first-order chi connectivity index (χ1) is 8.96. The quantitative estimate of drug-likeness (QED) is 0.872. The molecule has 1 aliphatic rings. The van der Waals surface area contributed by atoms with Gasteiger partial charge in [0.1, 0.15) is 0 Å². The monoisotopic (exact) mass is 281 g/mol. The van der Waals surface area contributed by atoms with Crippen molar-refractivity contribution in [1.82, 2.24) is 5.32 Å². The fourth-order valence-corrected chi connectivity index (χ4v) is 3.53. The summed E-state index contributed by atoms with van der Waals surface area (Å²) in [6, 6.07) is 1.92. The summed E-state index contributed by atoms with van der Waals surface area (Å²) in [7, 11) is 0. The van der Waals surface area contributed by atoms with Crippen LogP contribution in [0.3, 0.4) is 0 Å². The lowest BCUT2D eigenvalue weighted by Gasteiger charge is -2.41. The minimum atomic E-state index is -0.850. The van der Waals surface area contributed by atoms with Crippen molar-refractivity contribution in [3.8, 4) is 0 Å². The molecule has 1 saturated carbocycles. The molecule has 5 heteroatoms. The van der Waals surface area contributed by atoms with Crippen molar-refractivity contribution in [3.63, 3.8) is 0 Å². The lowest BCUT2D eigenvalue weighted by molar-refractivity contribution is -0.139. The molecular weight excluding hydrogens is 262 g/mol. The molecule has 1 aliphatic carbocycles. The van der Waals surface area contributed by atoms with E-state index in [-0.39, 0.29) is 12.3 Å². The van der Waals surface area contributed by atoms with Gasteiger partial charge in [0.15, 0.2) is 0 Å². The Kier molecular flexibility index (Phi) is 3.94. The zero-order valence-electron chi connectivity index (χ0n) is 11.3. The van der Waals surface area contributed by atoms with Gasteiger partial charge in [-0.3, -0.25) is 9.59 Å². The van der Waals surface area contributed by atoms with Crippen LogP contribution in [0.1, 0.15) is 52.7 Å². The molecule has 4 nitrogen and oxygen atoms in total. The van der Waals surface area contributed by atoms with Crippen molar-refractivity contribution in [2.45, 2.75) is 51.5 Å². The molecule has 2 N–H and O–H groups in total. The Bertz CT molecular complexity index is 503. The van der Waals surface area contributed by atoms with Crippen LogP contribution < -0.4 is 5.32 Å². The second-order valence-electron chi connectivity index (χ2n) is 5.20. The molecular formula is C14H19NO3S. The molecule has 0 aliphatic heterocycles. The zero-order valence-corrected chi connectivity index (χ0v) is 12.1. The van der Waals surface area contributed by atoms with E-state index in [1.165, 1.54) is 16.9 Å². The highest BCUT2D eigenvalue weighted by atomic mass is 32.1. The van der Waals surface area contributed by atoms with Gasteiger partial charge in [-0.1, -0.05) is 6.92 Å². The second-order valence-corrected chi connectivity index (χ2v) is 6.46. The third kappa shape index (κ3) is 2.97. The number of carbonyl (C=O) groups excluding carboxylic acids is 1. The molecule has 0 aromatic carbocycles. The molecule has 0 atom stereocenters. The zero-order chi connectivity index (χ0) is 14.0. The van der Waals surface area contributed by atoms with Gasteiger partial charge in [-0.05, 0) is 44.2 Å². The third-order valence-corrected chi connectivity index (χ3v) is 4.90. The standard InChI is InChI=1S/C14H19NO3S/c1-3-10-7-11(19-9(10)2)13(18)15-14(5-4-6-14)8-12(16)17/h7H,3-6,8H2,1-2H3,(H,15,18)(H,16,17). The molecule has 2 rings (SSSR count). The second kappa shape index (κ2) is 5.33. The minimum Gasteiger partial charge on any atom is -0.481 e. The number of carboxylic acids is 1. The molecule has 1 aromatic rings. The molecule has 0 bridgehead atoms. The summed E-state index contributed by atoms with van der Waals surface area (Å²) in [5, 5.41) is 11.9. The van der Waals surface area contributed by atoms with E-state index in [9.17, 15) is 9.59 Å². The third-order valence-electron chi connectivity index (χ3n) is 3.80. The highest BCUT2D eigenvalue weighted by Gasteiger charge is 2.40. The van der Waals surface area contributed by atoms with Crippen molar-refractivity contribution in [3.05, 3.63) is 21.4 Å². The van der Waals surface area contributed by atoms with Crippen molar-refractivity contribution in [2.24, 2.45) is 0 Å². The smallest absolute Gasteiger partial charge is 0.305 e. The van der Waals surface area contributed by atoms with Gasteiger partial charge in [-0.15, -0.1) is 11.3 Å². The van der Waals surface area contributed by atoms with Gasteiger partial charge >= 0.3 is 5.97 Å². The Balaban J connectivity index is 2.09. The maximum absolute atomic E-state index is 12.2. The number of thiophene rings is 1. The van der Waals surface area contributed by atoms with E-state index in [0.29, 0.717) is 4.88 Å². The van der Waals surface area contributed by atoms with Gasteiger partial charge in [0.25, 0.3) is 5.91 Å². The van der Waals surface area contributed by atoms with Crippen LogP contribution in [0.25, 0.3) is 0 Å². The van der Waals surface area contributed by atoms with E-state index >= 15 is 0 Å². The normalized spacial score (nSPS) is 16.7. The van der Waals surface area contributed by atoms with Crippen LogP contribution in [0.4, 0.5) is 0 Å². The molecule has 19 heavy (non-hydrogen) atoms. The predicted molar refractivity (Wildman–Crippen MR) is 74.7 cm³/mol. The Morgan fingerprint density at radius 3 is 2.58 bits per heavy atom. The summed E-state index contributed by atoms with van der Waals surface area (Å²) >= 11 is 1.48. The number of carbonyl (C=O) groups is 2. The number of carboxylic acid groups (broad SMARTS) is 1. The van der Waals surface area contributed by atoms with Gasteiger partial charge in [0.2, 0.25) is 0 Å². The van der Waals surface area contributed by atoms with E-state index in [2.05, 4.69) is 12.2 Å². The maximum Gasteiger partial charge on any atom is 0.305 e. The van der Waals surface area contributed by atoms with Crippen LogP contribution in [-0.4, -0.2) is 22.5 Å². The first-order valence-electron chi connectivity index (χ1n) is 6.59. The fraction of sp³-hybridized carbons (Fsp3) is 0.571. The molecule has 0 unspecified atom stereocenters. The molecule has 1 fully saturated rings. The number of hydrogen-bond acceptors (Lipinski definition) is 3. The van der Waals surface area contributed by atoms with Crippen molar-refractivity contribution in [1.29, 1.82) is 0 Å². The first kappa shape index (κ1) is 14.1. The Morgan fingerprint density at radius 2 is 2.16 bits per heavy atom. The molecule has 0 radical (unpaired) electrons. The first-order valence-corrected chi connectivity index (χ1v) is 7.41. The summed E-state index contributed by atoms with van der Waals surface area (Å²) in [6.45, 7) is 4.07. The highest BCUT2D eigenvalue weighted by Crippen LogP contribution is 2.35. The van der Waals surface area contributed by atoms with Crippen LogP contribution in [0, 0.1) is 6.92 Å². The maximum atomic E-state index is 12.2. The van der Waals surface area contributed by atoms with Crippen LogP contribution in [0.15, 0.2) is 6.07 Å². The number of rotatable bonds is 5. The van der Waals surface area contributed by atoms with E-state index in [1.54, 1.807) is 0 Å².